The van der Waals surface area contributed by atoms with E-state index in [2.05, 4.69) is 149 Å². The van der Waals surface area contributed by atoms with Crippen LogP contribution in [0.1, 0.15) is 65.2 Å². The predicted molar refractivity (Wildman–Crippen MR) is 240 cm³/mol. The van der Waals surface area contributed by atoms with Crippen LogP contribution in [0.25, 0.3) is 0 Å². The van der Waals surface area contributed by atoms with Gasteiger partial charge in [0.2, 0.25) is 6.17 Å². The van der Waals surface area contributed by atoms with Crippen LogP contribution >= 0.6 is 106 Å². The Balaban J connectivity index is 0.000000264. The molecule has 15 heteroatoms. The minimum atomic E-state index is 0. The maximum Gasteiger partial charge on any atom is 0.212 e. The van der Waals surface area contributed by atoms with Crippen molar-refractivity contribution in [2.75, 3.05) is 121 Å². The number of alkyl halides is 2. The summed E-state index contributed by atoms with van der Waals surface area (Å²) in [5, 5.41) is 0. The molecule has 0 saturated carbocycles. The lowest BCUT2D eigenvalue weighted by Gasteiger charge is -2.69. The summed E-state index contributed by atoms with van der Waals surface area (Å²) in [6.45, 7) is 27.5. The topological polar surface area (TPSA) is 19.4 Å². The van der Waals surface area contributed by atoms with Gasteiger partial charge in [-0.2, -0.15) is 0 Å². The number of piperazine rings is 4. The van der Waals surface area contributed by atoms with Crippen LogP contribution in [-0.2, 0) is 0 Å². The second kappa shape index (κ2) is 25.2. The highest BCUT2D eigenvalue weighted by molar-refractivity contribution is 15.0. The van der Waals surface area contributed by atoms with Crippen molar-refractivity contribution < 1.29 is 54.0 Å². The largest absolute Gasteiger partial charge is 1.00 e. The van der Waals surface area contributed by atoms with Crippen LogP contribution in [0.3, 0.4) is 0 Å². The molecule has 8 fully saturated rings. The number of halogens is 7. The molecule has 0 bridgehead atoms. The van der Waals surface area contributed by atoms with Gasteiger partial charge in [-0.15, -0.1) is 24.0 Å². The number of nitrogens with zero attached hydrogens (tertiary/aromatic N) is 8. The molecule has 0 amide bonds. The van der Waals surface area contributed by atoms with Gasteiger partial charge in [0.1, 0.15) is 0 Å². The lowest BCUT2D eigenvalue weighted by Crippen LogP contribution is -3.49. The minimum Gasteiger partial charge on any atom is -1.00 e. The van der Waals surface area contributed by atoms with Crippen LogP contribution in [0.2, 0.25) is 0 Å². The Morgan fingerprint density at radius 1 is 0.562 bits per heavy atom. The van der Waals surface area contributed by atoms with Crippen molar-refractivity contribution in [1.82, 2.24) is 29.4 Å². The summed E-state index contributed by atoms with van der Waals surface area (Å²) in [5.41, 5.74) is 0. The zero-order valence-electron chi connectivity index (χ0n) is 29.9. The molecule has 0 N–H and O–H groups in total. The molecule has 0 aromatic carbocycles. The quantitative estimate of drug-likeness (QED) is 0.170. The van der Waals surface area contributed by atoms with Crippen molar-refractivity contribution in [2.24, 2.45) is 0 Å². The van der Waals surface area contributed by atoms with Gasteiger partial charge in [0.15, 0.2) is 6.17 Å². The standard InChI is InChI=1S/C16H31IN4.C12H22N4.C4H9I.CH3I.I2.2HI/c1-2-3-10-20-11-4-6-18-9-14-21(17)12-5-7-19(8-13-20)16(21)15(18)20;1-3-13-7-9-15-5-2-6-16-10-8-14(4-1)11(13)12(15)16;1-2-3-4-5;2*1-2;;/h15-16H,2-14H2,1H3;11-12H,1-10H2;2-4H2,1H3;1H3;;2*1H/q+1;;;;;;/p-1. The van der Waals surface area contributed by atoms with Gasteiger partial charge in [0, 0.05) is 116 Å². The summed E-state index contributed by atoms with van der Waals surface area (Å²) in [5.74, 6) is 0. The highest BCUT2D eigenvalue weighted by Crippen LogP contribution is 2.39. The third-order valence-corrected chi connectivity index (χ3v) is 14.3. The van der Waals surface area contributed by atoms with Gasteiger partial charge in [-0.05, 0) is 35.0 Å². The van der Waals surface area contributed by atoms with Crippen molar-refractivity contribution in [3.8, 4) is 0 Å². The van der Waals surface area contributed by atoms with Crippen molar-refractivity contribution in [2.45, 2.75) is 89.9 Å². The molecule has 0 spiro atoms. The molecule has 8 aliphatic rings. The van der Waals surface area contributed by atoms with Crippen molar-refractivity contribution in [3.63, 3.8) is 0 Å². The number of unbranched alkanes of at least 4 members (excludes halogenated alkanes) is 2. The van der Waals surface area contributed by atoms with E-state index >= 15 is 0 Å². The first-order chi connectivity index (χ1) is 22.5. The fourth-order valence-corrected chi connectivity index (χ4v) is 11.9. The van der Waals surface area contributed by atoms with Gasteiger partial charge in [0.25, 0.3) is 0 Å². The molecule has 1 radical (unpaired) electrons. The second-order valence-corrected chi connectivity index (χ2v) is 17.4. The lowest BCUT2D eigenvalue weighted by molar-refractivity contribution is -1.33. The normalized spacial score (nSPS) is 35.8. The molecule has 8 aliphatic heterocycles. The van der Waals surface area contributed by atoms with Crippen LogP contribution in [0, 0.1) is 0 Å². The minimum absolute atomic E-state index is 0. The van der Waals surface area contributed by atoms with E-state index in [0.29, 0.717) is 0 Å². The van der Waals surface area contributed by atoms with E-state index in [0.717, 1.165) is 24.7 Å². The van der Waals surface area contributed by atoms with Crippen LogP contribution in [0.5, 0.6) is 0 Å². The third-order valence-electron chi connectivity index (χ3n) is 12.0. The van der Waals surface area contributed by atoms with E-state index in [1.807, 2.05) is 4.93 Å². The Labute approximate surface area is 394 Å². The monoisotopic (exact) mass is 1460 g/mol. The van der Waals surface area contributed by atoms with Crippen LogP contribution in [0.15, 0.2) is 0 Å². The lowest BCUT2D eigenvalue weighted by atomic mass is 9.97. The first-order valence-electron chi connectivity index (χ1n) is 18.5. The van der Waals surface area contributed by atoms with Crippen molar-refractivity contribution in [1.29, 1.82) is 0 Å². The molecule has 0 aliphatic carbocycles. The number of hydrogen-bond donors (Lipinski definition) is 0. The molecule has 287 valence electrons. The molecule has 0 aromatic heterocycles. The SMILES string of the molecule is C1CN2CCN3CCCN4CCN(C1)C2C34.CCCCI.CCCC[N+]12CCCN3CC[N+]4([I-])CCCN(CC1)C4C32.CI.I.II.[I-]. The third kappa shape index (κ3) is 11.7. The van der Waals surface area contributed by atoms with E-state index < -0.39 is 0 Å². The van der Waals surface area contributed by atoms with Gasteiger partial charge in [-0.25, -0.2) is 9.80 Å². The maximum atomic E-state index is 2.89. The average Bonchev–Trinajstić information content (AvgIpc) is 3.11. The zero-order valence-corrected chi connectivity index (χ0v) is 45.2. The molecule has 8 heterocycles. The Hall–Kier alpha value is 4.79. The molecule has 8 saturated heterocycles. The van der Waals surface area contributed by atoms with Gasteiger partial charge in [-0.1, -0.05) is 71.9 Å². The maximum absolute atomic E-state index is 2.89. The van der Waals surface area contributed by atoms with Crippen LogP contribution < -0.4 is 46.8 Å². The predicted octanol–water partition coefficient (Wildman–Crippen LogP) is 0.327. The molecular weight excluding hydrogens is 1400 g/mol. The number of hydrogen-bond acceptors (Lipinski definition) is 6. The number of quaternary nitrogens is 2. The summed E-state index contributed by atoms with van der Waals surface area (Å²) < 4.78 is 4.05. The van der Waals surface area contributed by atoms with Gasteiger partial charge in [-0.3, -0.25) is 19.6 Å². The Bertz CT molecular complexity index is 832. The summed E-state index contributed by atoms with van der Waals surface area (Å²) in [6.07, 6.45) is 14.1. The van der Waals surface area contributed by atoms with Crippen LogP contribution in [-0.4, -0.2) is 182 Å². The number of rotatable bonds is 5. The second-order valence-electron chi connectivity index (χ2n) is 14.4. The Kier molecular flexibility index (Phi) is 25.7. The molecule has 0 aromatic rings. The van der Waals surface area contributed by atoms with E-state index in [-0.39, 0.29) is 48.0 Å². The van der Waals surface area contributed by atoms with Crippen molar-refractivity contribution in [3.05, 3.63) is 0 Å². The van der Waals surface area contributed by atoms with Crippen LogP contribution in [0.4, 0.5) is 0 Å². The van der Waals surface area contributed by atoms with Gasteiger partial charge >= 0.3 is 0 Å². The van der Waals surface area contributed by atoms with E-state index in [9.17, 15) is 0 Å². The first kappa shape index (κ1) is 48.9. The molecular formula is C33H66I7N8. The molecule has 48 heavy (non-hydrogen) atoms. The van der Waals surface area contributed by atoms with E-state index in [4.69, 9.17) is 0 Å². The highest BCUT2D eigenvalue weighted by atomic mass is 128. The van der Waals surface area contributed by atoms with E-state index in [1.165, 1.54) is 174 Å². The van der Waals surface area contributed by atoms with E-state index in [1.54, 1.807) is 0 Å². The van der Waals surface area contributed by atoms with Crippen molar-refractivity contribution >= 4 is 106 Å². The smallest absolute Gasteiger partial charge is 0.212 e. The van der Waals surface area contributed by atoms with Gasteiger partial charge < -0.3 is 54.0 Å². The molecule has 4 atom stereocenters. The van der Waals surface area contributed by atoms with Gasteiger partial charge in [0.05, 0.1) is 58.1 Å². The Morgan fingerprint density at radius 3 is 1.46 bits per heavy atom. The summed E-state index contributed by atoms with van der Waals surface area (Å²) in [6, 6.07) is 0. The summed E-state index contributed by atoms with van der Waals surface area (Å²) in [4.78, 5) is 18.7. The molecule has 8 rings (SSSR count). The Morgan fingerprint density at radius 2 is 1.00 bits per heavy atom. The fourth-order valence-electron chi connectivity index (χ4n) is 9.94. The summed E-state index contributed by atoms with van der Waals surface area (Å²) in [7, 11) is 0. The highest BCUT2D eigenvalue weighted by Gasteiger charge is 2.60. The first-order valence-corrected chi connectivity index (χ1v) is 29.4. The molecule has 4 unspecified atom stereocenters. The zero-order chi connectivity index (χ0) is 33.2. The molecule has 8 nitrogen and oxygen atoms in total. The summed E-state index contributed by atoms with van der Waals surface area (Å²) >= 11 is 11.6. The average molecular weight is 1460 g/mol. The fraction of sp³-hybridized carbons (Fsp3) is 1.00.